The number of nitrogens with zero attached hydrogens (tertiary/aromatic N) is 3. The van der Waals surface area contributed by atoms with Gasteiger partial charge in [0.15, 0.2) is 11.5 Å². The van der Waals surface area contributed by atoms with Crippen molar-refractivity contribution < 1.29 is 14.4 Å². The summed E-state index contributed by atoms with van der Waals surface area (Å²) in [7, 11) is 0. The van der Waals surface area contributed by atoms with E-state index in [-0.39, 0.29) is 11.7 Å². The maximum absolute atomic E-state index is 12.8. The predicted octanol–water partition coefficient (Wildman–Crippen LogP) is 3.49. The second kappa shape index (κ2) is 7.68. The molecule has 4 aromatic rings. The molecule has 0 unspecified atom stereocenters. The van der Waals surface area contributed by atoms with E-state index in [4.69, 9.17) is 4.52 Å². The summed E-state index contributed by atoms with van der Waals surface area (Å²) in [4.78, 5) is 20.4. The molecule has 1 amide bonds. The third-order valence-electron chi connectivity index (χ3n) is 5.52. The Morgan fingerprint density at radius 1 is 1.03 bits per heavy atom. The molecule has 5 rings (SSSR count). The van der Waals surface area contributed by atoms with Crippen molar-refractivity contribution >= 4 is 16.8 Å². The number of carbonyl (C=O) groups is 1. The summed E-state index contributed by atoms with van der Waals surface area (Å²) in [6.45, 7) is 3.76. The van der Waals surface area contributed by atoms with Crippen molar-refractivity contribution in [1.29, 1.82) is 0 Å². The van der Waals surface area contributed by atoms with Gasteiger partial charge < -0.3 is 19.5 Å². The Balaban J connectivity index is 1.20. The largest absolute Gasteiger partial charge is 0.508 e. The normalized spacial score (nSPS) is 15.0. The molecule has 1 aliphatic rings. The maximum Gasteiger partial charge on any atom is 0.276 e. The van der Waals surface area contributed by atoms with Gasteiger partial charge in [-0.15, -0.1) is 0 Å². The molecule has 3 heterocycles. The summed E-state index contributed by atoms with van der Waals surface area (Å²) in [5.41, 5.74) is 3.41. The number of aromatic nitrogens is 2. The molecule has 1 saturated heterocycles. The standard InChI is InChI=1S/C23H22N4O3/c28-19-7-5-16(6-8-19)22-14-21(25-30-22)23(29)27-11-9-26(10-12-27)15-18-13-17-3-1-2-4-20(17)24-18/h1-8,13-14,24,28H,9-12,15H2. The number of rotatable bonds is 4. The lowest BCUT2D eigenvalue weighted by Gasteiger charge is -2.34. The minimum Gasteiger partial charge on any atom is -0.508 e. The summed E-state index contributed by atoms with van der Waals surface area (Å²) in [6.07, 6.45) is 0. The topological polar surface area (TPSA) is 85.6 Å². The lowest BCUT2D eigenvalue weighted by atomic mass is 10.1. The zero-order valence-corrected chi connectivity index (χ0v) is 16.4. The van der Waals surface area contributed by atoms with Crippen LogP contribution < -0.4 is 0 Å². The number of aromatic amines is 1. The van der Waals surface area contributed by atoms with Crippen LogP contribution in [0.25, 0.3) is 22.2 Å². The Kier molecular flexibility index (Phi) is 4.72. The zero-order valence-electron chi connectivity index (χ0n) is 16.4. The number of benzene rings is 2. The first-order valence-corrected chi connectivity index (χ1v) is 10.00. The molecule has 30 heavy (non-hydrogen) atoms. The van der Waals surface area contributed by atoms with Crippen LogP contribution in [0.5, 0.6) is 5.75 Å². The van der Waals surface area contributed by atoms with Crippen molar-refractivity contribution in [3.05, 3.63) is 72.1 Å². The number of fused-ring (bicyclic) bond motifs is 1. The fourth-order valence-electron chi connectivity index (χ4n) is 3.87. The Morgan fingerprint density at radius 3 is 2.57 bits per heavy atom. The van der Waals surface area contributed by atoms with Gasteiger partial charge >= 0.3 is 0 Å². The lowest BCUT2D eigenvalue weighted by Crippen LogP contribution is -2.48. The van der Waals surface area contributed by atoms with Crippen molar-refractivity contribution in [1.82, 2.24) is 19.9 Å². The third kappa shape index (κ3) is 3.67. The predicted molar refractivity (Wildman–Crippen MR) is 113 cm³/mol. The molecule has 152 valence electrons. The maximum atomic E-state index is 12.8. The molecule has 1 fully saturated rings. The highest BCUT2D eigenvalue weighted by Crippen LogP contribution is 2.23. The van der Waals surface area contributed by atoms with Crippen molar-refractivity contribution in [3.63, 3.8) is 0 Å². The monoisotopic (exact) mass is 402 g/mol. The number of hydrogen-bond acceptors (Lipinski definition) is 5. The highest BCUT2D eigenvalue weighted by Gasteiger charge is 2.25. The van der Waals surface area contributed by atoms with Gasteiger partial charge in [0.1, 0.15) is 5.75 Å². The number of aromatic hydroxyl groups is 1. The average molecular weight is 402 g/mol. The van der Waals surface area contributed by atoms with Gasteiger partial charge in [0.05, 0.1) is 0 Å². The summed E-state index contributed by atoms with van der Waals surface area (Å²) >= 11 is 0. The van der Waals surface area contributed by atoms with E-state index in [9.17, 15) is 9.90 Å². The van der Waals surface area contributed by atoms with E-state index in [1.807, 2.05) is 17.0 Å². The minimum absolute atomic E-state index is 0.117. The quantitative estimate of drug-likeness (QED) is 0.546. The lowest BCUT2D eigenvalue weighted by molar-refractivity contribution is 0.0617. The van der Waals surface area contributed by atoms with Crippen LogP contribution in [0.15, 0.2) is 65.2 Å². The van der Waals surface area contributed by atoms with Crippen LogP contribution in [0.2, 0.25) is 0 Å². The SMILES string of the molecule is O=C(c1cc(-c2ccc(O)cc2)on1)N1CCN(Cc2cc3ccccc3[nH]2)CC1. The van der Waals surface area contributed by atoms with Gasteiger partial charge in [-0.05, 0) is 41.8 Å². The van der Waals surface area contributed by atoms with Crippen molar-refractivity contribution in [2.75, 3.05) is 26.2 Å². The highest BCUT2D eigenvalue weighted by molar-refractivity contribution is 5.93. The van der Waals surface area contributed by atoms with Gasteiger partial charge in [-0.2, -0.15) is 0 Å². The van der Waals surface area contributed by atoms with E-state index < -0.39 is 0 Å². The van der Waals surface area contributed by atoms with Crippen molar-refractivity contribution in [2.45, 2.75) is 6.54 Å². The fraction of sp³-hybridized carbons (Fsp3) is 0.217. The highest BCUT2D eigenvalue weighted by atomic mass is 16.5. The van der Waals surface area contributed by atoms with Crippen molar-refractivity contribution in [2.24, 2.45) is 0 Å². The van der Waals surface area contributed by atoms with E-state index in [1.165, 1.54) is 11.1 Å². The average Bonchev–Trinajstić information content (AvgIpc) is 3.41. The van der Waals surface area contributed by atoms with Crippen molar-refractivity contribution in [3.8, 4) is 17.1 Å². The Bertz CT molecular complexity index is 1140. The minimum atomic E-state index is -0.117. The van der Waals surface area contributed by atoms with E-state index in [0.717, 1.165) is 30.7 Å². The number of para-hydroxylation sites is 1. The first kappa shape index (κ1) is 18.4. The molecule has 0 atom stereocenters. The Hall–Kier alpha value is -3.58. The molecule has 0 aliphatic carbocycles. The molecule has 2 N–H and O–H groups in total. The molecule has 0 radical (unpaired) electrons. The van der Waals surface area contributed by atoms with E-state index in [1.54, 1.807) is 30.3 Å². The molecule has 7 heteroatoms. The molecular weight excluding hydrogens is 380 g/mol. The summed E-state index contributed by atoms with van der Waals surface area (Å²) in [5.74, 6) is 0.574. The van der Waals surface area contributed by atoms with E-state index in [2.05, 4.69) is 33.2 Å². The number of hydrogen-bond donors (Lipinski definition) is 2. The van der Waals surface area contributed by atoms with Gasteiger partial charge in [-0.3, -0.25) is 9.69 Å². The van der Waals surface area contributed by atoms with Crippen LogP contribution >= 0.6 is 0 Å². The summed E-state index contributed by atoms with van der Waals surface area (Å²) in [5, 5.41) is 14.6. The fourth-order valence-corrected chi connectivity index (χ4v) is 3.87. The van der Waals surface area contributed by atoms with Crippen LogP contribution in [0, 0.1) is 0 Å². The third-order valence-corrected chi connectivity index (χ3v) is 5.52. The van der Waals surface area contributed by atoms with Gasteiger partial charge in [-0.25, -0.2) is 0 Å². The van der Waals surface area contributed by atoms with Gasteiger partial charge in [-0.1, -0.05) is 23.4 Å². The molecule has 2 aromatic heterocycles. The van der Waals surface area contributed by atoms with Gasteiger partial charge in [0.25, 0.3) is 5.91 Å². The summed E-state index contributed by atoms with van der Waals surface area (Å²) in [6, 6.07) is 18.7. The van der Waals surface area contributed by atoms with Crippen LogP contribution in [-0.2, 0) is 6.54 Å². The number of carbonyl (C=O) groups excluding carboxylic acids is 1. The van der Waals surface area contributed by atoms with Gasteiger partial charge in [0, 0.05) is 55.6 Å². The smallest absolute Gasteiger partial charge is 0.276 e. The van der Waals surface area contributed by atoms with E-state index >= 15 is 0 Å². The number of phenolic OH excluding ortho intramolecular Hbond substituents is 1. The number of piperazine rings is 1. The van der Waals surface area contributed by atoms with Crippen LogP contribution in [0.4, 0.5) is 0 Å². The van der Waals surface area contributed by atoms with E-state index in [0.29, 0.717) is 24.5 Å². The molecule has 0 spiro atoms. The Morgan fingerprint density at radius 2 is 1.80 bits per heavy atom. The number of nitrogens with one attached hydrogen (secondary N) is 1. The second-order valence-electron chi connectivity index (χ2n) is 7.57. The van der Waals surface area contributed by atoms with Crippen LogP contribution in [-0.4, -0.2) is 57.1 Å². The molecule has 0 saturated carbocycles. The molecule has 7 nitrogen and oxygen atoms in total. The molecule has 0 bridgehead atoms. The van der Waals surface area contributed by atoms with Crippen LogP contribution in [0.3, 0.4) is 0 Å². The number of amides is 1. The van der Waals surface area contributed by atoms with Gasteiger partial charge in [0.2, 0.25) is 0 Å². The summed E-state index contributed by atoms with van der Waals surface area (Å²) < 4.78 is 5.34. The first-order valence-electron chi connectivity index (χ1n) is 10.00. The molecule has 1 aliphatic heterocycles. The van der Waals surface area contributed by atoms with Crippen LogP contribution in [0.1, 0.15) is 16.2 Å². The second-order valence-corrected chi connectivity index (χ2v) is 7.57. The zero-order chi connectivity index (χ0) is 20.5. The molecular formula is C23H22N4O3. The first-order chi connectivity index (χ1) is 14.7. The number of phenols is 1. The number of H-pyrrole nitrogens is 1. The molecule has 2 aromatic carbocycles. The Labute approximate surface area is 173 Å².